The number of carbonyl (C=O) groups excluding carboxylic acids is 1. The molecule has 0 amide bonds. The molecule has 5 rings (SSSR count). The first-order chi connectivity index (χ1) is 29.4. The minimum absolute atomic E-state index is 0.0178. The van der Waals surface area contributed by atoms with E-state index >= 15 is 0 Å². The third kappa shape index (κ3) is 11.4. The number of aromatic nitrogens is 1. The molecule has 0 saturated heterocycles. The van der Waals surface area contributed by atoms with Gasteiger partial charge in [0.25, 0.3) is 30.4 Å². The highest BCUT2D eigenvalue weighted by atomic mass is 32.2. The molecule has 63 heavy (non-hydrogen) atoms. The van der Waals surface area contributed by atoms with E-state index in [0.717, 1.165) is 5.71 Å². The van der Waals surface area contributed by atoms with E-state index in [0.29, 0.717) is 90.5 Å². The minimum Gasteiger partial charge on any atom is -0.492 e. The second-order valence-electron chi connectivity index (χ2n) is 16.0. The number of benzene rings is 2. The third-order valence-corrected chi connectivity index (χ3v) is 14.1. The molecule has 18 nitrogen and oxygen atoms in total. The van der Waals surface area contributed by atoms with Crippen LogP contribution in [0.2, 0.25) is 0 Å². The summed E-state index contributed by atoms with van der Waals surface area (Å²) in [7, 11) is -12.0. The van der Waals surface area contributed by atoms with Gasteiger partial charge in [-0.15, -0.1) is 4.73 Å². The number of aromatic hydroxyl groups is 2. The first-order valence-corrected chi connectivity index (χ1v) is 24.8. The summed E-state index contributed by atoms with van der Waals surface area (Å²) in [4.78, 5) is 19.0. The number of likely N-dealkylation sites (N-methyl/N-ethyl adjacent to an activating group) is 1. The summed E-state index contributed by atoms with van der Waals surface area (Å²) in [5.74, 6) is -2.08. The van der Waals surface area contributed by atoms with Crippen molar-refractivity contribution in [3.63, 3.8) is 0 Å². The van der Waals surface area contributed by atoms with Crippen LogP contribution in [-0.2, 0) is 55.5 Å². The van der Waals surface area contributed by atoms with Gasteiger partial charge in [-0.25, -0.2) is 4.79 Å². The third-order valence-electron chi connectivity index (χ3n) is 11.6. The molecule has 2 unspecified atom stereocenters. The van der Waals surface area contributed by atoms with Crippen LogP contribution in [0.25, 0.3) is 0 Å². The Balaban J connectivity index is 1.59. The Morgan fingerprint density at radius 2 is 1.43 bits per heavy atom. The standard InChI is InChI=1S/C42H55N3O15S3/c1-6-43-34-14-12-30(62(52,53)54)27-32(34)41(3,18-10-24-61(49,50)51)36(43)25-29(2)26-37-42(4,19-21-59-23-22-58-5)33-28-31(63(55,56)57)13-15-35(33)44(37)20-9-7-8-11-40(48)60-45-38(46)16-17-39(45)47/h12-17,25-28H,6-11,18-24H2,1-5H3,(H4-,46,47,49,50,51,52,53,54,55,56,57)/p+1. The van der Waals surface area contributed by atoms with Crippen LogP contribution in [0.15, 0.2) is 81.7 Å². The number of unbranched alkanes of at least 4 members (excludes halogenated alkanes) is 2. The molecule has 2 aliphatic rings. The van der Waals surface area contributed by atoms with Crippen LogP contribution in [0.3, 0.4) is 0 Å². The highest BCUT2D eigenvalue weighted by molar-refractivity contribution is 7.86. The van der Waals surface area contributed by atoms with Gasteiger partial charge in [0.1, 0.15) is 6.54 Å². The number of methoxy groups -OCH3 is 1. The van der Waals surface area contributed by atoms with Crippen LogP contribution in [-0.4, -0.2) is 116 Å². The van der Waals surface area contributed by atoms with Crippen LogP contribution in [0.5, 0.6) is 11.8 Å². The number of fused-ring (bicyclic) bond motifs is 2. The maximum atomic E-state index is 12.5. The van der Waals surface area contributed by atoms with Gasteiger partial charge in [0.05, 0.1) is 34.2 Å². The van der Waals surface area contributed by atoms with E-state index < -0.39 is 64.7 Å². The molecule has 0 saturated carbocycles. The zero-order chi connectivity index (χ0) is 46.5. The second-order valence-corrected chi connectivity index (χ2v) is 20.4. The molecule has 0 bridgehead atoms. The monoisotopic (exact) mass is 938 g/mol. The van der Waals surface area contributed by atoms with Gasteiger partial charge in [-0.1, -0.05) is 0 Å². The van der Waals surface area contributed by atoms with E-state index in [-0.39, 0.29) is 35.7 Å². The average Bonchev–Trinajstić information content (AvgIpc) is 3.72. The molecular weight excluding hydrogens is 883 g/mol. The first kappa shape index (κ1) is 49.4. The number of allylic oxidation sites excluding steroid dienone is 4. The molecular formula is C42H56N3O15S3+. The number of carbonyl (C=O) groups is 1. The van der Waals surface area contributed by atoms with Crippen molar-refractivity contribution in [2.24, 2.45) is 0 Å². The summed E-state index contributed by atoms with van der Waals surface area (Å²) in [5, 5.41) is 19.7. The average molecular weight is 939 g/mol. The van der Waals surface area contributed by atoms with Gasteiger partial charge in [-0.3, -0.25) is 13.7 Å². The second kappa shape index (κ2) is 19.6. The molecule has 3 heterocycles. The van der Waals surface area contributed by atoms with Crippen molar-refractivity contribution in [2.75, 3.05) is 50.7 Å². The van der Waals surface area contributed by atoms with E-state index in [1.807, 2.05) is 44.7 Å². The quantitative estimate of drug-likeness (QED) is 0.0486. The lowest BCUT2D eigenvalue weighted by atomic mass is 9.75. The molecule has 0 spiro atoms. The highest BCUT2D eigenvalue weighted by Crippen LogP contribution is 2.52. The fourth-order valence-electron chi connectivity index (χ4n) is 8.38. The summed E-state index contributed by atoms with van der Waals surface area (Å²) >= 11 is 0. The van der Waals surface area contributed by atoms with Gasteiger partial charge < -0.3 is 29.4 Å². The summed E-state index contributed by atoms with van der Waals surface area (Å²) in [6.45, 7) is 9.30. The lowest BCUT2D eigenvalue weighted by molar-refractivity contribution is -0.438. The number of hydrogen-bond donors (Lipinski definition) is 5. The first-order valence-electron chi connectivity index (χ1n) is 20.3. The number of rotatable bonds is 22. The smallest absolute Gasteiger partial charge is 0.333 e. The molecule has 2 atom stereocenters. The highest BCUT2D eigenvalue weighted by Gasteiger charge is 2.49. The van der Waals surface area contributed by atoms with Gasteiger partial charge in [-0.2, -0.15) is 29.8 Å². The van der Waals surface area contributed by atoms with E-state index in [2.05, 4.69) is 4.58 Å². The van der Waals surface area contributed by atoms with E-state index in [9.17, 15) is 53.9 Å². The van der Waals surface area contributed by atoms with Gasteiger partial charge in [0.2, 0.25) is 17.4 Å². The lowest BCUT2D eigenvalue weighted by Gasteiger charge is -2.30. The topological polar surface area (TPSA) is 260 Å². The van der Waals surface area contributed by atoms with Crippen molar-refractivity contribution in [1.82, 2.24) is 4.73 Å². The van der Waals surface area contributed by atoms with Crippen molar-refractivity contribution >= 4 is 53.4 Å². The van der Waals surface area contributed by atoms with Crippen molar-refractivity contribution in [3.05, 3.63) is 83.1 Å². The van der Waals surface area contributed by atoms with Crippen LogP contribution < -0.4 is 9.74 Å². The van der Waals surface area contributed by atoms with Crippen LogP contribution in [0.1, 0.15) is 83.8 Å². The fourth-order valence-corrected chi connectivity index (χ4v) is 9.90. The predicted octanol–water partition coefficient (Wildman–Crippen LogP) is 5.31. The van der Waals surface area contributed by atoms with Crippen molar-refractivity contribution < 1.29 is 72.8 Å². The predicted molar refractivity (Wildman–Crippen MR) is 233 cm³/mol. The Hall–Kier alpha value is -4.61. The summed E-state index contributed by atoms with van der Waals surface area (Å²) in [6, 6.07) is 11.0. The molecule has 346 valence electrons. The Morgan fingerprint density at radius 3 is 2.03 bits per heavy atom. The Morgan fingerprint density at radius 1 is 0.794 bits per heavy atom. The molecule has 1 aromatic heterocycles. The molecule has 0 aliphatic carbocycles. The van der Waals surface area contributed by atoms with Gasteiger partial charge in [-0.05, 0) is 107 Å². The van der Waals surface area contributed by atoms with Crippen molar-refractivity contribution in [3.8, 4) is 11.8 Å². The van der Waals surface area contributed by atoms with E-state index in [1.165, 1.54) is 36.4 Å². The normalized spacial score (nSPS) is 19.8. The fraction of sp³-hybridized carbons (Fsp3) is 0.476. The van der Waals surface area contributed by atoms with Crippen LogP contribution in [0.4, 0.5) is 11.4 Å². The summed E-state index contributed by atoms with van der Waals surface area (Å²) in [6.07, 6.45) is 5.92. The zero-order valence-corrected chi connectivity index (χ0v) is 38.3. The van der Waals surface area contributed by atoms with Crippen LogP contribution >= 0.6 is 0 Å². The van der Waals surface area contributed by atoms with E-state index in [4.69, 9.17) is 14.3 Å². The molecule has 0 fully saturated rings. The van der Waals surface area contributed by atoms with Gasteiger partial charge in [0.15, 0.2) is 5.71 Å². The summed E-state index contributed by atoms with van der Waals surface area (Å²) < 4.78 is 117. The van der Waals surface area contributed by atoms with Crippen LogP contribution in [0, 0.1) is 0 Å². The molecule has 5 N–H and O–H groups in total. The molecule has 21 heteroatoms. The number of anilines is 1. The minimum atomic E-state index is -4.61. The SMILES string of the molecule is CCN1C(=CC(C)=CC2=[N+](CCCCCC(=O)On3c(O)ccc3O)c3ccc(S(=O)(=O)O)cc3C2(C)CCOCCOC)C(C)(CCCS(=O)(=O)O)c2cc(S(=O)(=O)O)ccc21. The summed E-state index contributed by atoms with van der Waals surface area (Å²) in [5.41, 5.74) is 2.76. The molecule has 2 aliphatic heterocycles. The lowest BCUT2D eigenvalue weighted by Crippen LogP contribution is -2.33. The van der Waals surface area contributed by atoms with E-state index in [1.54, 1.807) is 19.2 Å². The number of ether oxygens (including phenoxy) is 2. The maximum Gasteiger partial charge on any atom is 0.333 e. The largest absolute Gasteiger partial charge is 0.492 e. The number of nitrogens with zero attached hydrogens (tertiary/aromatic N) is 3. The van der Waals surface area contributed by atoms with Crippen molar-refractivity contribution in [2.45, 2.75) is 93.3 Å². The zero-order valence-electron chi connectivity index (χ0n) is 35.9. The Bertz CT molecular complexity index is 2620. The molecule has 0 radical (unpaired) electrons. The van der Waals surface area contributed by atoms with Gasteiger partial charge >= 0.3 is 5.97 Å². The number of hydrogen-bond acceptors (Lipinski definition) is 13. The Kier molecular flexibility index (Phi) is 15.4. The van der Waals surface area contributed by atoms with Crippen molar-refractivity contribution in [1.29, 1.82) is 0 Å². The molecule has 2 aromatic carbocycles. The molecule has 3 aromatic rings. The Labute approximate surface area is 368 Å². The maximum absolute atomic E-state index is 12.5. The van der Waals surface area contributed by atoms with Gasteiger partial charge in [0, 0.05) is 79.7 Å².